The summed E-state index contributed by atoms with van der Waals surface area (Å²) in [6.45, 7) is -0.172. The Bertz CT molecular complexity index is 300. The van der Waals surface area contributed by atoms with E-state index in [-0.39, 0.29) is 13.0 Å². The number of ether oxygens (including phenoxy) is 1. The van der Waals surface area contributed by atoms with Gasteiger partial charge in [0, 0.05) is 0 Å². The molecule has 1 rings (SSSR count). The highest BCUT2D eigenvalue weighted by molar-refractivity contribution is 7.85. The molecule has 0 radical (unpaired) electrons. The first-order chi connectivity index (χ1) is 6.81. The van der Waals surface area contributed by atoms with E-state index in [1.807, 2.05) is 0 Å². The van der Waals surface area contributed by atoms with Gasteiger partial charge in [-0.05, 0) is 6.42 Å². The standard InChI is InChI=1S/C7H14O7S/c8-4-3-14-5(7(10)6(4)9)1-2-15(11,12)13/h4-10H,1-3H2,(H,11,12,13)/t4-,5-,6-,7-/m1/s1. The van der Waals surface area contributed by atoms with Gasteiger partial charge in [-0.25, -0.2) is 0 Å². The van der Waals surface area contributed by atoms with Crippen LogP contribution in [0.4, 0.5) is 0 Å². The maximum Gasteiger partial charge on any atom is 0.264 e. The van der Waals surface area contributed by atoms with Crippen LogP contribution in [0.2, 0.25) is 0 Å². The summed E-state index contributed by atoms with van der Waals surface area (Å²) >= 11 is 0. The quantitative estimate of drug-likeness (QED) is 0.412. The molecule has 0 aromatic rings. The van der Waals surface area contributed by atoms with Crippen molar-refractivity contribution in [3.8, 4) is 0 Å². The summed E-state index contributed by atoms with van der Waals surface area (Å²) in [5, 5.41) is 27.7. The molecule has 90 valence electrons. The second-order valence-corrected chi connectivity index (χ2v) is 5.07. The van der Waals surface area contributed by atoms with Crippen LogP contribution in [-0.4, -0.2) is 65.1 Å². The Balaban J connectivity index is 2.50. The van der Waals surface area contributed by atoms with Gasteiger partial charge in [-0.2, -0.15) is 8.42 Å². The highest BCUT2D eigenvalue weighted by Crippen LogP contribution is 2.18. The van der Waals surface area contributed by atoms with Gasteiger partial charge in [0.15, 0.2) is 0 Å². The average molecular weight is 242 g/mol. The van der Waals surface area contributed by atoms with Gasteiger partial charge in [0.05, 0.1) is 18.5 Å². The van der Waals surface area contributed by atoms with Crippen LogP contribution in [-0.2, 0) is 14.9 Å². The molecule has 4 N–H and O–H groups in total. The summed E-state index contributed by atoms with van der Waals surface area (Å²) < 4.78 is 34.3. The molecule has 1 saturated heterocycles. The van der Waals surface area contributed by atoms with Gasteiger partial charge < -0.3 is 20.1 Å². The fraction of sp³-hybridized carbons (Fsp3) is 1.00. The molecular weight excluding hydrogens is 228 g/mol. The lowest BCUT2D eigenvalue weighted by Gasteiger charge is -2.35. The SMILES string of the molecule is O=S(=O)(O)CC[C@H]1OC[C@@H](O)[C@@H](O)[C@@H]1O. The number of aliphatic hydroxyl groups is 3. The zero-order valence-electron chi connectivity index (χ0n) is 7.85. The molecule has 0 bridgehead atoms. The topological polar surface area (TPSA) is 124 Å². The van der Waals surface area contributed by atoms with Crippen LogP contribution in [0.15, 0.2) is 0 Å². The third-order valence-corrected chi connectivity index (χ3v) is 3.02. The van der Waals surface area contributed by atoms with Crippen LogP contribution in [0.3, 0.4) is 0 Å². The van der Waals surface area contributed by atoms with E-state index in [0.29, 0.717) is 0 Å². The summed E-state index contributed by atoms with van der Waals surface area (Å²) in [6, 6.07) is 0. The number of hydrogen-bond acceptors (Lipinski definition) is 6. The maximum atomic E-state index is 10.4. The van der Waals surface area contributed by atoms with Crippen molar-refractivity contribution < 1.29 is 33.0 Å². The minimum atomic E-state index is -4.11. The van der Waals surface area contributed by atoms with E-state index in [9.17, 15) is 18.6 Å². The van der Waals surface area contributed by atoms with Gasteiger partial charge in [0.25, 0.3) is 10.1 Å². The largest absolute Gasteiger partial charge is 0.388 e. The zero-order chi connectivity index (χ0) is 11.6. The highest BCUT2D eigenvalue weighted by Gasteiger charge is 2.37. The first-order valence-corrected chi connectivity index (χ1v) is 6.03. The van der Waals surface area contributed by atoms with Crippen molar-refractivity contribution in [2.45, 2.75) is 30.8 Å². The molecule has 0 aromatic heterocycles. The van der Waals surface area contributed by atoms with Gasteiger partial charge in [-0.3, -0.25) is 4.55 Å². The third kappa shape index (κ3) is 3.67. The van der Waals surface area contributed by atoms with Crippen molar-refractivity contribution in [2.75, 3.05) is 12.4 Å². The summed E-state index contributed by atoms with van der Waals surface area (Å²) in [5.41, 5.74) is 0. The smallest absolute Gasteiger partial charge is 0.264 e. The molecule has 0 saturated carbocycles. The van der Waals surface area contributed by atoms with Gasteiger partial charge in [-0.1, -0.05) is 0 Å². The summed E-state index contributed by atoms with van der Waals surface area (Å²) in [6.07, 6.45) is -4.92. The Kier molecular flexibility index (Phi) is 4.04. The number of aliphatic hydroxyl groups excluding tert-OH is 3. The van der Waals surface area contributed by atoms with Crippen molar-refractivity contribution in [3.63, 3.8) is 0 Å². The first kappa shape index (κ1) is 12.8. The Labute approximate surface area is 87.0 Å². The minimum Gasteiger partial charge on any atom is -0.388 e. The van der Waals surface area contributed by atoms with E-state index < -0.39 is 40.3 Å². The van der Waals surface area contributed by atoms with Gasteiger partial charge in [-0.15, -0.1) is 0 Å². The Hall–Kier alpha value is -0.250. The highest BCUT2D eigenvalue weighted by atomic mass is 32.2. The van der Waals surface area contributed by atoms with Crippen molar-refractivity contribution in [3.05, 3.63) is 0 Å². The normalized spacial score (nSPS) is 37.9. The molecular formula is C7H14O7S. The van der Waals surface area contributed by atoms with Crippen LogP contribution >= 0.6 is 0 Å². The van der Waals surface area contributed by atoms with E-state index in [1.54, 1.807) is 0 Å². The molecule has 8 heteroatoms. The van der Waals surface area contributed by atoms with Crippen LogP contribution in [0.25, 0.3) is 0 Å². The Morgan fingerprint density at radius 3 is 2.33 bits per heavy atom. The fourth-order valence-electron chi connectivity index (χ4n) is 1.39. The molecule has 1 aliphatic rings. The lowest BCUT2D eigenvalue weighted by atomic mass is 9.99. The predicted octanol–water partition coefficient (Wildman–Crippen LogP) is -2.25. The monoisotopic (exact) mass is 242 g/mol. The molecule has 0 aliphatic carbocycles. The molecule has 15 heavy (non-hydrogen) atoms. The summed E-state index contributed by atoms with van der Waals surface area (Å²) in [5.74, 6) is -0.558. The van der Waals surface area contributed by atoms with Gasteiger partial charge >= 0.3 is 0 Å². The van der Waals surface area contributed by atoms with Crippen molar-refractivity contribution in [1.82, 2.24) is 0 Å². The summed E-state index contributed by atoms with van der Waals surface area (Å²) in [7, 11) is -4.11. The van der Waals surface area contributed by atoms with E-state index in [2.05, 4.69) is 0 Å². The van der Waals surface area contributed by atoms with Crippen molar-refractivity contribution in [1.29, 1.82) is 0 Å². The van der Waals surface area contributed by atoms with Crippen LogP contribution < -0.4 is 0 Å². The molecule has 0 unspecified atom stereocenters. The predicted molar refractivity (Wildman–Crippen MR) is 48.8 cm³/mol. The lowest BCUT2D eigenvalue weighted by molar-refractivity contribution is -0.186. The molecule has 1 aliphatic heterocycles. The van der Waals surface area contributed by atoms with Crippen LogP contribution in [0.5, 0.6) is 0 Å². The zero-order valence-corrected chi connectivity index (χ0v) is 8.67. The molecule has 7 nitrogen and oxygen atoms in total. The van der Waals surface area contributed by atoms with Crippen molar-refractivity contribution in [2.24, 2.45) is 0 Å². The lowest BCUT2D eigenvalue weighted by Crippen LogP contribution is -2.53. The van der Waals surface area contributed by atoms with E-state index in [4.69, 9.17) is 14.4 Å². The average Bonchev–Trinajstić information content (AvgIpc) is 2.12. The molecule has 0 spiro atoms. The Morgan fingerprint density at radius 1 is 1.20 bits per heavy atom. The third-order valence-electron chi connectivity index (χ3n) is 2.27. The molecule has 0 aromatic carbocycles. The minimum absolute atomic E-state index is 0.135. The second kappa shape index (κ2) is 4.73. The van der Waals surface area contributed by atoms with E-state index in [0.717, 1.165) is 0 Å². The van der Waals surface area contributed by atoms with E-state index >= 15 is 0 Å². The number of rotatable bonds is 3. The number of hydrogen-bond donors (Lipinski definition) is 4. The molecule has 1 fully saturated rings. The van der Waals surface area contributed by atoms with E-state index in [1.165, 1.54) is 0 Å². The fourth-order valence-corrected chi connectivity index (χ4v) is 1.92. The maximum absolute atomic E-state index is 10.4. The van der Waals surface area contributed by atoms with Gasteiger partial charge in [0.1, 0.15) is 18.3 Å². The Morgan fingerprint density at radius 2 is 1.80 bits per heavy atom. The second-order valence-electron chi connectivity index (χ2n) is 3.50. The van der Waals surface area contributed by atoms with Crippen LogP contribution in [0, 0.1) is 0 Å². The molecule has 1 heterocycles. The molecule has 0 amide bonds. The van der Waals surface area contributed by atoms with Gasteiger partial charge in [0.2, 0.25) is 0 Å². The van der Waals surface area contributed by atoms with Crippen LogP contribution in [0.1, 0.15) is 6.42 Å². The summed E-state index contributed by atoms with van der Waals surface area (Å²) in [4.78, 5) is 0. The molecule has 4 atom stereocenters. The van der Waals surface area contributed by atoms with Crippen molar-refractivity contribution >= 4 is 10.1 Å². The first-order valence-electron chi connectivity index (χ1n) is 4.42.